The topological polar surface area (TPSA) is 0 Å². The third-order valence-electron chi connectivity index (χ3n) is 11.2. The van der Waals surface area contributed by atoms with Crippen molar-refractivity contribution in [2.24, 2.45) is 0 Å². The zero-order valence-corrected chi connectivity index (χ0v) is 33.6. The quantitative estimate of drug-likeness (QED) is 0.109. The van der Waals surface area contributed by atoms with Gasteiger partial charge in [0, 0.05) is 0 Å². The van der Waals surface area contributed by atoms with E-state index in [2.05, 4.69) is 232 Å². The van der Waals surface area contributed by atoms with Crippen LogP contribution in [0.25, 0.3) is 39.0 Å². The molecule has 0 N–H and O–H groups in total. The Morgan fingerprint density at radius 2 is 0.948 bits per heavy atom. The largest absolute Gasteiger partial charge is 0.0792 e. The normalized spacial score (nSPS) is 13.1. The van der Waals surface area contributed by atoms with Crippen molar-refractivity contribution >= 4 is 27.9 Å². The lowest BCUT2D eigenvalue weighted by Crippen LogP contribution is -2.01. The van der Waals surface area contributed by atoms with Crippen LogP contribution < -0.4 is 0 Å². The molecule has 1 aliphatic rings. The van der Waals surface area contributed by atoms with Crippen molar-refractivity contribution in [1.82, 2.24) is 0 Å². The molecule has 1 aliphatic carbocycles. The summed E-state index contributed by atoms with van der Waals surface area (Å²) in [5.41, 5.74) is 20.4. The summed E-state index contributed by atoms with van der Waals surface area (Å²) >= 11 is 0. The first-order valence-electron chi connectivity index (χ1n) is 20.7. The molecule has 0 spiro atoms. The second-order valence-corrected chi connectivity index (χ2v) is 15.0. The molecule has 0 atom stereocenters. The summed E-state index contributed by atoms with van der Waals surface area (Å²) in [6, 6.07) is 68.4. The van der Waals surface area contributed by atoms with Gasteiger partial charge < -0.3 is 0 Å². The van der Waals surface area contributed by atoms with E-state index < -0.39 is 0 Å². The molecule has 0 radical (unpaired) electrons. The van der Waals surface area contributed by atoms with Gasteiger partial charge in [-0.2, -0.15) is 0 Å². The van der Waals surface area contributed by atoms with Crippen LogP contribution in [0, 0.1) is 0 Å². The van der Waals surface area contributed by atoms with Crippen molar-refractivity contribution in [2.75, 3.05) is 0 Å². The third kappa shape index (κ3) is 8.94. The van der Waals surface area contributed by atoms with Gasteiger partial charge >= 0.3 is 0 Å². The molecule has 0 aromatic heterocycles. The fourth-order valence-corrected chi connectivity index (χ4v) is 8.14. The lowest BCUT2D eigenvalue weighted by atomic mass is 9.85. The highest BCUT2D eigenvalue weighted by Gasteiger charge is 2.16. The van der Waals surface area contributed by atoms with Gasteiger partial charge in [-0.15, -0.1) is 0 Å². The van der Waals surface area contributed by atoms with Gasteiger partial charge in [0.05, 0.1) is 0 Å². The molecule has 0 heteroatoms. The number of allylic oxidation sites excluding steroid dienone is 8. The van der Waals surface area contributed by atoms with Crippen LogP contribution in [-0.2, 0) is 6.42 Å². The van der Waals surface area contributed by atoms with E-state index in [4.69, 9.17) is 0 Å². The molecule has 282 valence electrons. The Balaban J connectivity index is 1.15. The predicted octanol–water partition coefficient (Wildman–Crippen LogP) is 15.6. The van der Waals surface area contributed by atoms with Gasteiger partial charge in [-0.25, -0.2) is 0 Å². The zero-order chi connectivity index (χ0) is 39.5. The molecule has 58 heavy (non-hydrogen) atoms. The fraction of sp³-hybridized carbons (Fsp3) is 0.103. The molecular formula is C58H50. The van der Waals surface area contributed by atoms with E-state index in [-0.39, 0.29) is 0 Å². The Labute approximate surface area is 345 Å². The van der Waals surface area contributed by atoms with Crippen LogP contribution in [0.2, 0.25) is 0 Å². The molecule has 7 aromatic rings. The summed E-state index contributed by atoms with van der Waals surface area (Å²) in [5, 5.41) is 0. The van der Waals surface area contributed by atoms with Crippen molar-refractivity contribution in [2.45, 2.75) is 39.5 Å². The van der Waals surface area contributed by atoms with Crippen molar-refractivity contribution in [3.63, 3.8) is 0 Å². The molecule has 0 nitrogen and oxygen atoms in total. The number of hydrogen-bond acceptors (Lipinski definition) is 0. The molecule has 0 saturated carbocycles. The number of rotatable bonds is 12. The fourth-order valence-electron chi connectivity index (χ4n) is 8.14. The van der Waals surface area contributed by atoms with Crippen molar-refractivity contribution < 1.29 is 0 Å². The molecule has 8 rings (SSSR count). The molecule has 0 heterocycles. The Morgan fingerprint density at radius 1 is 0.466 bits per heavy atom. The number of hydrogen-bond donors (Lipinski definition) is 0. The Hall–Kier alpha value is -6.76. The lowest BCUT2D eigenvalue weighted by molar-refractivity contribution is 1.07. The van der Waals surface area contributed by atoms with E-state index in [1.54, 1.807) is 0 Å². The Kier molecular flexibility index (Phi) is 12.1. The van der Waals surface area contributed by atoms with Crippen LogP contribution in [0.1, 0.15) is 83.2 Å². The summed E-state index contributed by atoms with van der Waals surface area (Å²) in [5.74, 6) is 0. The summed E-state index contributed by atoms with van der Waals surface area (Å²) < 4.78 is 0. The first kappa shape index (κ1) is 38.1. The maximum atomic E-state index is 2.45. The van der Waals surface area contributed by atoms with E-state index >= 15 is 0 Å². The van der Waals surface area contributed by atoms with E-state index in [0.29, 0.717) is 0 Å². The minimum atomic E-state index is 0.854. The molecular weight excluding hydrogens is 697 g/mol. The summed E-state index contributed by atoms with van der Waals surface area (Å²) in [6.45, 7) is 4.40. The van der Waals surface area contributed by atoms with Crippen molar-refractivity contribution in [3.05, 3.63) is 269 Å². The highest BCUT2D eigenvalue weighted by Crippen LogP contribution is 2.37. The molecule has 0 aliphatic heterocycles. The average molecular weight is 747 g/mol. The van der Waals surface area contributed by atoms with Crippen LogP contribution in [-0.4, -0.2) is 0 Å². The van der Waals surface area contributed by atoms with Crippen LogP contribution in [0.3, 0.4) is 0 Å². The van der Waals surface area contributed by atoms with Gasteiger partial charge in [0.25, 0.3) is 0 Å². The molecule has 7 aromatic carbocycles. The number of benzene rings is 7. The molecule has 0 bridgehead atoms. The minimum absolute atomic E-state index is 0.854. The molecule has 0 saturated heterocycles. The first-order valence-corrected chi connectivity index (χ1v) is 20.7. The van der Waals surface area contributed by atoms with E-state index in [9.17, 15) is 0 Å². The second-order valence-electron chi connectivity index (χ2n) is 15.0. The van der Waals surface area contributed by atoms with Crippen LogP contribution in [0.4, 0.5) is 0 Å². The summed E-state index contributed by atoms with van der Waals surface area (Å²) in [4.78, 5) is 0. The van der Waals surface area contributed by atoms with Crippen LogP contribution in [0.5, 0.6) is 0 Å². The van der Waals surface area contributed by atoms with E-state index in [0.717, 1.165) is 25.7 Å². The smallest absolute Gasteiger partial charge is 0.00196 e. The van der Waals surface area contributed by atoms with Gasteiger partial charge in [0.2, 0.25) is 0 Å². The van der Waals surface area contributed by atoms with Crippen LogP contribution >= 0.6 is 0 Å². The van der Waals surface area contributed by atoms with Gasteiger partial charge in [-0.3, -0.25) is 0 Å². The summed E-state index contributed by atoms with van der Waals surface area (Å²) in [7, 11) is 0. The predicted molar refractivity (Wildman–Crippen MR) is 250 cm³/mol. The monoisotopic (exact) mass is 746 g/mol. The third-order valence-corrected chi connectivity index (χ3v) is 11.2. The molecule has 0 fully saturated rings. The van der Waals surface area contributed by atoms with Crippen molar-refractivity contribution in [1.29, 1.82) is 0 Å². The first-order chi connectivity index (χ1) is 28.7. The van der Waals surface area contributed by atoms with E-state index in [1.807, 2.05) is 0 Å². The van der Waals surface area contributed by atoms with Gasteiger partial charge in [0.1, 0.15) is 0 Å². The molecule has 0 unspecified atom stereocenters. The highest BCUT2D eigenvalue weighted by atomic mass is 14.2. The second kappa shape index (κ2) is 18.5. The van der Waals surface area contributed by atoms with Crippen LogP contribution in [0.15, 0.2) is 218 Å². The average Bonchev–Trinajstić information content (AvgIpc) is 3.30. The standard InChI is InChI=1S/C58H50/c1-3-17-53(41-57(50-22-13-7-14-23-50)51-24-15-8-16-25-51)48-34-36-52(37-35-48)56(4-2)58-42-54(49-32-30-47(31-33-49)45-20-11-6-12-21-45)38-39-55(58)40-43-26-28-46(29-27-43)44-18-9-5-10-19-44/h4-30,32,34-39,41-42H,3,31,33,40H2,1-2H3/b53-17+,56-4-. The Morgan fingerprint density at radius 3 is 1.50 bits per heavy atom. The van der Waals surface area contributed by atoms with E-state index in [1.165, 1.54) is 89.1 Å². The molecule has 0 amide bonds. The SMILES string of the molecule is C/C=C(/c1ccc(/C(C=C(c2ccccc2)c2ccccc2)=C/CC)cc1)c1cc(C2=CC=C(c3ccccc3)CC2)ccc1Cc1ccc(-c2ccccc2)cc1. The van der Waals surface area contributed by atoms with Gasteiger partial charge in [0.15, 0.2) is 0 Å². The highest BCUT2D eigenvalue weighted by molar-refractivity contribution is 5.91. The van der Waals surface area contributed by atoms with Gasteiger partial charge in [-0.1, -0.05) is 213 Å². The lowest BCUT2D eigenvalue weighted by Gasteiger charge is -2.20. The summed E-state index contributed by atoms with van der Waals surface area (Å²) in [6.07, 6.45) is 15.5. The minimum Gasteiger partial charge on any atom is -0.0792 e. The maximum absolute atomic E-state index is 2.45. The van der Waals surface area contributed by atoms with Gasteiger partial charge in [-0.05, 0) is 134 Å². The van der Waals surface area contributed by atoms with Crippen molar-refractivity contribution in [3.8, 4) is 11.1 Å². The zero-order valence-electron chi connectivity index (χ0n) is 33.6. The Bertz CT molecular complexity index is 2560. The maximum Gasteiger partial charge on any atom is -0.00196 e.